The van der Waals surface area contributed by atoms with Gasteiger partial charge in [0.05, 0.1) is 30.9 Å². The monoisotopic (exact) mass is 388 g/mol. The zero-order valence-electron chi connectivity index (χ0n) is 16.2. The van der Waals surface area contributed by atoms with Crippen molar-refractivity contribution < 1.29 is 28.6 Å². The number of amides is 2. The van der Waals surface area contributed by atoms with Crippen molar-refractivity contribution in [2.45, 2.75) is 13.0 Å². The molecule has 1 aliphatic heterocycles. The van der Waals surface area contributed by atoms with Gasteiger partial charge >= 0.3 is 18.0 Å². The normalized spacial score (nSPS) is 16.5. The van der Waals surface area contributed by atoms with Crippen LogP contribution < -0.4 is 5.32 Å². The molecular formula is C20H24N2O6. The zero-order valence-corrected chi connectivity index (χ0v) is 16.2. The Bertz CT molecular complexity index is 784. The minimum absolute atomic E-state index is 0.0928. The van der Waals surface area contributed by atoms with Crippen LogP contribution in [0.5, 0.6) is 0 Å². The summed E-state index contributed by atoms with van der Waals surface area (Å²) in [6.07, 6.45) is 1.57. The molecule has 1 aliphatic rings. The van der Waals surface area contributed by atoms with Gasteiger partial charge in [0.1, 0.15) is 6.61 Å². The van der Waals surface area contributed by atoms with Gasteiger partial charge in [0.2, 0.25) is 0 Å². The van der Waals surface area contributed by atoms with Crippen LogP contribution in [0.25, 0.3) is 0 Å². The zero-order chi connectivity index (χ0) is 20.7. The summed E-state index contributed by atoms with van der Waals surface area (Å²) in [6.45, 7) is 5.94. The van der Waals surface area contributed by atoms with Crippen molar-refractivity contribution in [1.29, 1.82) is 0 Å². The van der Waals surface area contributed by atoms with Crippen molar-refractivity contribution in [3.05, 3.63) is 59.3 Å². The highest BCUT2D eigenvalue weighted by molar-refractivity contribution is 5.95. The topological polar surface area (TPSA) is 94.2 Å². The average Bonchev–Trinajstić information content (AvgIpc) is 2.70. The molecule has 1 aromatic carbocycles. The van der Waals surface area contributed by atoms with Gasteiger partial charge in [-0.3, -0.25) is 4.90 Å². The molecule has 2 amide bonds. The first-order chi connectivity index (χ1) is 13.4. The third-order valence-corrected chi connectivity index (χ3v) is 4.31. The van der Waals surface area contributed by atoms with Crippen LogP contribution in [-0.4, -0.2) is 56.8 Å². The fourth-order valence-corrected chi connectivity index (χ4v) is 2.87. The summed E-state index contributed by atoms with van der Waals surface area (Å²) in [5.74, 6) is -1.02. The van der Waals surface area contributed by atoms with E-state index in [0.717, 1.165) is 0 Å². The molecule has 1 aromatic rings. The van der Waals surface area contributed by atoms with Crippen LogP contribution in [0.1, 0.15) is 28.9 Å². The first-order valence-electron chi connectivity index (χ1n) is 8.68. The number of allylic oxidation sites excluding steroid dienone is 1. The summed E-state index contributed by atoms with van der Waals surface area (Å²) >= 11 is 0. The summed E-state index contributed by atoms with van der Waals surface area (Å²) in [5.41, 5.74) is 1.79. The highest BCUT2D eigenvalue weighted by Crippen LogP contribution is 2.31. The largest absolute Gasteiger partial charge is 0.465 e. The van der Waals surface area contributed by atoms with E-state index in [4.69, 9.17) is 14.2 Å². The SMILES string of the molecule is C=CCN1C(=O)N[C@H](c2ccc(C(=O)OC)cc2)C(C(=O)OCCOC)=C1C. The Morgan fingerprint density at radius 1 is 1.18 bits per heavy atom. The lowest BCUT2D eigenvalue weighted by Crippen LogP contribution is -2.48. The van der Waals surface area contributed by atoms with Gasteiger partial charge in [0.25, 0.3) is 0 Å². The van der Waals surface area contributed by atoms with Gasteiger partial charge in [0, 0.05) is 19.4 Å². The maximum absolute atomic E-state index is 12.7. The second-order valence-electron chi connectivity index (χ2n) is 6.02. The van der Waals surface area contributed by atoms with Gasteiger partial charge in [-0.05, 0) is 24.6 Å². The van der Waals surface area contributed by atoms with Gasteiger partial charge in [0.15, 0.2) is 0 Å². The Labute approximate surface area is 163 Å². The van der Waals surface area contributed by atoms with Crippen LogP contribution in [0.3, 0.4) is 0 Å². The molecule has 150 valence electrons. The second kappa shape index (κ2) is 9.70. The predicted octanol–water partition coefficient (Wildman–Crippen LogP) is 2.19. The lowest BCUT2D eigenvalue weighted by molar-refractivity contribution is -0.140. The summed E-state index contributed by atoms with van der Waals surface area (Å²) in [6, 6.07) is 5.41. The van der Waals surface area contributed by atoms with Crippen LogP contribution in [0.4, 0.5) is 4.79 Å². The Morgan fingerprint density at radius 2 is 1.86 bits per heavy atom. The fraction of sp³-hybridized carbons (Fsp3) is 0.350. The molecule has 1 heterocycles. The number of esters is 2. The minimum Gasteiger partial charge on any atom is -0.465 e. The highest BCUT2D eigenvalue weighted by atomic mass is 16.6. The standard InChI is InChI=1S/C20H24N2O6/c1-5-10-22-13(2)16(19(24)28-12-11-26-3)17(21-20(22)25)14-6-8-15(9-7-14)18(23)27-4/h5-9,17H,1,10-12H2,2-4H3,(H,21,25)/t17-/m1/s1. The Kier molecular flexibility index (Phi) is 7.34. The molecule has 8 heteroatoms. The molecular weight excluding hydrogens is 364 g/mol. The van der Waals surface area contributed by atoms with Crippen LogP contribution in [-0.2, 0) is 19.0 Å². The molecule has 0 saturated heterocycles. The lowest BCUT2D eigenvalue weighted by atomic mass is 9.94. The van der Waals surface area contributed by atoms with Gasteiger partial charge in [-0.25, -0.2) is 14.4 Å². The number of urea groups is 1. The number of hydrogen-bond donors (Lipinski definition) is 1. The maximum atomic E-state index is 12.7. The molecule has 1 atom stereocenters. The van der Waals surface area contributed by atoms with Gasteiger partial charge in [-0.15, -0.1) is 6.58 Å². The van der Waals surface area contributed by atoms with Crippen molar-refractivity contribution in [3.63, 3.8) is 0 Å². The van der Waals surface area contributed by atoms with E-state index in [1.165, 1.54) is 19.1 Å². The smallest absolute Gasteiger partial charge is 0.338 e. The molecule has 0 unspecified atom stereocenters. The number of benzene rings is 1. The predicted molar refractivity (Wildman–Crippen MR) is 101 cm³/mol. The number of carbonyl (C=O) groups is 3. The van der Waals surface area contributed by atoms with Crippen LogP contribution in [0.2, 0.25) is 0 Å². The third-order valence-electron chi connectivity index (χ3n) is 4.31. The molecule has 8 nitrogen and oxygen atoms in total. The molecule has 2 rings (SSSR count). The van der Waals surface area contributed by atoms with E-state index >= 15 is 0 Å². The van der Waals surface area contributed by atoms with Crippen molar-refractivity contribution in [1.82, 2.24) is 10.2 Å². The van der Waals surface area contributed by atoms with Crippen molar-refractivity contribution >= 4 is 18.0 Å². The van der Waals surface area contributed by atoms with E-state index in [0.29, 0.717) is 22.4 Å². The Balaban J connectivity index is 2.41. The van der Waals surface area contributed by atoms with E-state index in [9.17, 15) is 14.4 Å². The van der Waals surface area contributed by atoms with Crippen LogP contribution in [0, 0.1) is 0 Å². The molecule has 0 fully saturated rings. The summed E-state index contributed by atoms with van der Waals surface area (Å²) in [5, 5.41) is 2.82. The van der Waals surface area contributed by atoms with E-state index in [-0.39, 0.29) is 25.8 Å². The van der Waals surface area contributed by atoms with Crippen molar-refractivity contribution in [3.8, 4) is 0 Å². The average molecular weight is 388 g/mol. The van der Waals surface area contributed by atoms with E-state index in [1.807, 2.05) is 0 Å². The first kappa shape index (κ1) is 21.2. The van der Waals surface area contributed by atoms with Crippen LogP contribution >= 0.6 is 0 Å². The molecule has 0 bridgehead atoms. The Morgan fingerprint density at radius 3 is 2.43 bits per heavy atom. The first-order valence-corrected chi connectivity index (χ1v) is 8.68. The maximum Gasteiger partial charge on any atom is 0.338 e. The number of methoxy groups -OCH3 is 2. The molecule has 0 radical (unpaired) electrons. The number of nitrogens with zero attached hydrogens (tertiary/aromatic N) is 1. The summed E-state index contributed by atoms with van der Waals surface area (Å²) in [4.78, 5) is 38.3. The molecule has 1 N–H and O–H groups in total. The molecule has 0 aromatic heterocycles. The lowest BCUT2D eigenvalue weighted by Gasteiger charge is -2.35. The number of nitrogens with one attached hydrogen (secondary N) is 1. The molecule has 0 aliphatic carbocycles. The quantitative estimate of drug-likeness (QED) is 0.417. The van der Waals surface area contributed by atoms with Gasteiger partial charge < -0.3 is 19.5 Å². The van der Waals surface area contributed by atoms with Gasteiger partial charge in [-0.2, -0.15) is 0 Å². The van der Waals surface area contributed by atoms with Crippen molar-refractivity contribution in [2.75, 3.05) is 34.0 Å². The second-order valence-corrected chi connectivity index (χ2v) is 6.02. The minimum atomic E-state index is -0.713. The molecule has 0 spiro atoms. The Hall–Kier alpha value is -3.13. The third kappa shape index (κ3) is 4.58. The van der Waals surface area contributed by atoms with E-state index in [1.54, 1.807) is 37.3 Å². The highest BCUT2D eigenvalue weighted by Gasteiger charge is 2.36. The summed E-state index contributed by atoms with van der Waals surface area (Å²) < 4.78 is 14.9. The number of rotatable bonds is 8. The fourth-order valence-electron chi connectivity index (χ4n) is 2.87. The number of carbonyl (C=O) groups excluding carboxylic acids is 3. The van der Waals surface area contributed by atoms with E-state index in [2.05, 4.69) is 11.9 Å². The van der Waals surface area contributed by atoms with Crippen LogP contribution in [0.15, 0.2) is 48.2 Å². The van der Waals surface area contributed by atoms with E-state index < -0.39 is 18.0 Å². The van der Waals surface area contributed by atoms with Crippen molar-refractivity contribution in [2.24, 2.45) is 0 Å². The van der Waals surface area contributed by atoms with Gasteiger partial charge in [-0.1, -0.05) is 18.2 Å². The molecule has 28 heavy (non-hydrogen) atoms. The molecule has 0 saturated carbocycles. The number of ether oxygens (including phenoxy) is 3. The summed E-state index contributed by atoms with van der Waals surface area (Å²) in [7, 11) is 2.81. The number of hydrogen-bond acceptors (Lipinski definition) is 6.